The quantitative estimate of drug-likeness (QED) is 0.539. The van der Waals surface area contributed by atoms with Gasteiger partial charge in [0, 0.05) is 10.6 Å². The highest BCUT2D eigenvalue weighted by molar-refractivity contribution is 9.10. The molecule has 112 valence electrons. The van der Waals surface area contributed by atoms with Crippen LogP contribution in [0.25, 0.3) is 0 Å². The molecule has 2 aromatic rings. The van der Waals surface area contributed by atoms with E-state index in [9.17, 15) is 4.39 Å². The maximum absolute atomic E-state index is 13.9. The Morgan fingerprint density at radius 3 is 2.62 bits per heavy atom. The van der Waals surface area contributed by atoms with Gasteiger partial charge in [0.25, 0.3) is 0 Å². The van der Waals surface area contributed by atoms with Gasteiger partial charge in [0.05, 0.1) is 16.5 Å². The van der Waals surface area contributed by atoms with Gasteiger partial charge in [-0.2, -0.15) is 0 Å². The average Bonchev–Trinajstić information content (AvgIpc) is 2.45. The highest BCUT2D eigenvalue weighted by Crippen LogP contribution is 2.35. The van der Waals surface area contributed by atoms with Crippen LogP contribution in [0.3, 0.4) is 0 Å². The SMILES string of the molecule is CCCOc1ccc(C(Cl)c2ccc(Cl)cc2F)cc1Br. The van der Waals surface area contributed by atoms with E-state index in [0.29, 0.717) is 17.2 Å². The lowest BCUT2D eigenvalue weighted by atomic mass is 10.0. The molecule has 1 unspecified atom stereocenters. The van der Waals surface area contributed by atoms with E-state index in [-0.39, 0.29) is 0 Å². The zero-order valence-electron chi connectivity index (χ0n) is 11.4. The molecule has 0 saturated heterocycles. The monoisotopic (exact) mass is 390 g/mol. The molecule has 0 aromatic heterocycles. The smallest absolute Gasteiger partial charge is 0.133 e. The minimum Gasteiger partial charge on any atom is -0.492 e. The van der Waals surface area contributed by atoms with Crippen LogP contribution in [0, 0.1) is 5.82 Å². The summed E-state index contributed by atoms with van der Waals surface area (Å²) in [5.41, 5.74) is 1.18. The third-order valence-electron chi connectivity index (χ3n) is 2.95. The van der Waals surface area contributed by atoms with E-state index in [0.717, 1.165) is 22.2 Å². The van der Waals surface area contributed by atoms with Gasteiger partial charge in [-0.3, -0.25) is 0 Å². The molecule has 0 fully saturated rings. The standard InChI is InChI=1S/C16H14BrCl2FO/c1-2-7-21-15-6-3-10(8-13(15)17)16(19)12-5-4-11(18)9-14(12)20/h3-6,8-9,16H,2,7H2,1H3. The van der Waals surface area contributed by atoms with Gasteiger partial charge in [0.15, 0.2) is 0 Å². The Bertz CT molecular complexity index is 634. The maximum atomic E-state index is 13.9. The van der Waals surface area contributed by atoms with Gasteiger partial charge in [-0.15, -0.1) is 11.6 Å². The first-order valence-electron chi connectivity index (χ1n) is 6.54. The third kappa shape index (κ3) is 4.12. The van der Waals surface area contributed by atoms with Crippen LogP contribution >= 0.6 is 39.1 Å². The second-order valence-electron chi connectivity index (χ2n) is 4.57. The molecule has 0 N–H and O–H groups in total. The van der Waals surface area contributed by atoms with E-state index in [2.05, 4.69) is 15.9 Å². The van der Waals surface area contributed by atoms with Crippen LogP contribution in [-0.2, 0) is 0 Å². The number of benzene rings is 2. The van der Waals surface area contributed by atoms with Gasteiger partial charge < -0.3 is 4.74 Å². The number of rotatable bonds is 5. The molecule has 2 aromatic carbocycles. The normalized spacial score (nSPS) is 12.2. The van der Waals surface area contributed by atoms with Crippen molar-refractivity contribution in [3.05, 3.63) is 62.8 Å². The molecule has 1 atom stereocenters. The zero-order chi connectivity index (χ0) is 15.4. The molecule has 0 aliphatic carbocycles. The number of ether oxygens (including phenoxy) is 1. The molecule has 0 radical (unpaired) electrons. The Morgan fingerprint density at radius 2 is 2.00 bits per heavy atom. The largest absolute Gasteiger partial charge is 0.492 e. The number of hydrogen-bond donors (Lipinski definition) is 0. The molecular weight excluding hydrogens is 378 g/mol. The molecule has 0 spiro atoms. The van der Waals surface area contributed by atoms with Crippen molar-refractivity contribution in [2.24, 2.45) is 0 Å². The predicted molar refractivity (Wildman–Crippen MR) is 89.0 cm³/mol. The number of halogens is 4. The van der Waals surface area contributed by atoms with E-state index in [1.807, 2.05) is 25.1 Å². The predicted octanol–water partition coefficient (Wildman–Crippen LogP) is 6.36. The van der Waals surface area contributed by atoms with Crippen molar-refractivity contribution >= 4 is 39.1 Å². The molecule has 1 nitrogen and oxygen atoms in total. The lowest BCUT2D eigenvalue weighted by molar-refractivity contribution is 0.315. The summed E-state index contributed by atoms with van der Waals surface area (Å²) in [7, 11) is 0. The Hall–Kier alpha value is -0.770. The minimum absolute atomic E-state index is 0.351. The van der Waals surface area contributed by atoms with Gasteiger partial charge in [-0.1, -0.05) is 30.7 Å². The molecule has 0 amide bonds. The second-order valence-corrected chi connectivity index (χ2v) is 6.29. The Labute approximate surface area is 142 Å². The van der Waals surface area contributed by atoms with Crippen LogP contribution in [0.4, 0.5) is 4.39 Å². The van der Waals surface area contributed by atoms with Crippen LogP contribution in [0.15, 0.2) is 40.9 Å². The van der Waals surface area contributed by atoms with E-state index in [1.54, 1.807) is 12.1 Å². The topological polar surface area (TPSA) is 9.23 Å². The molecule has 21 heavy (non-hydrogen) atoms. The Balaban J connectivity index is 2.27. The van der Waals surface area contributed by atoms with Crippen molar-refractivity contribution in [1.29, 1.82) is 0 Å². The Morgan fingerprint density at radius 1 is 1.24 bits per heavy atom. The number of hydrogen-bond acceptors (Lipinski definition) is 1. The first kappa shape index (κ1) is 16.6. The molecular formula is C16H14BrCl2FO. The second kappa shape index (κ2) is 7.48. The van der Waals surface area contributed by atoms with Crippen molar-refractivity contribution in [1.82, 2.24) is 0 Å². The molecule has 0 heterocycles. The summed E-state index contributed by atoms with van der Waals surface area (Å²) < 4.78 is 20.3. The summed E-state index contributed by atoms with van der Waals surface area (Å²) >= 11 is 15.6. The van der Waals surface area contributed by atoms with E-state index >= 15 is 0 Å². The molecule has 2 rings (SSSR count). The summed E-state index contributed by atoms with van der Waals surface area (Å²) in [6.07, 6.45) is 0.933. The Kier molecular flexibility index (Phi) is 5.91. The minimum atomic E-state index is -0.584. The van der Waals surface area contributed by atoms with Crippen LogP contribution in [0.2, 0.25) is 5.02 Å². The van der Waals surface area contributed by atoms with Crippen LogP contribution in [-0.4, -0.2) is 6.61 Å². The average molecular weight is 392 g/mol. The van der Waals surface area contributed by atoms with Gasteiger partial charge in [-0.25, -0.2) is 4.39 Å². The summed E-state index contributed by atoms with van der Waals surface area (Å²) in [4.78, 5) is 0. The van der Waals surface area contributed by atoms with Gasteiger partial charge in [0.1, 0.15) is 11.6 Å². The molecule has 5 heteroatoms. The first-order valence-corrected chi connectivity index (χ1v) is 8.15. The van der Waals surface area contributed by atoms with E-state index in [4.69, 9.17) is 27.9 Å². The fraction of sp³-hybridized carbons (Fsp3) is 0.250. The van der Waals surface area contributed by atoms with Crippen LogP contribution in [0.5, 0.6) is 5.75 Å². The van der Waals surface area contributed by atoms with Crippen molar-refractivity contribution < 1.29 is 9.13 Å². The zero-order valence-corrected chi connectivity index (χ0v) is 14.5. The molecule has 0 aliphatic heterocycles. The van der Waals surface area contributed by atoms with Crippen molar-refractivity contribution in [2.45, 2.75) is 18.7 Å². The summed E-state index contributed by atoms with van der Waals surface area (Å²) in [6, 6.07) is 10.0. The maximum Gasteiger partial charge on any atom is 0.133 e. The highest BCUT2D eigenvalue weighted by Gasteiger charge is 2.17. The van der Waals surface area contributed by atoms with Gasteiger partial charge in [0.2, 0.25) is 0 Å². The molecule has 0 saturated carbocycles. The first-order chi connectivity index (χ1) is 10.0. The van der Waals surface area contributed by atoms with Gasteiger partial charge in [-0.05, 0) is 52.2 Å². The highest BCUT2D eigenvalue weighted by atomic mass is 79.9. The summed E-state index contributed by atoms with van der Waals surface area (Å²) in [5.74, 6) is 0.339. The van der Waals surface area contributed by atoms with E-state index in [1.165, 1.54) is 6.07 Å². The summed E-state index contributed by atoms with van der Waals surface area (Å²) in [6.45, 7) is 2.69. The molecule has 0 aliphatic rings. The van der Waals surface area contributed by atoms with Gasteiger partial charge >= 0.3 is 0 Å². The molecule has 0 bridgehead atoms. The lowest BCUT2D eigenvalue weighted by Crippen LogP contribution is -1.99. The van der Waals surface area contributed by atoms with Crippen molar-refractivity contribution in [3.8, 4) is 5.75 Å². The number of alkyl halides is 1. The van der Waals surface area contributed by atoms with E-state index < -0.39 is 11.2 Å². The van der Waals surface area contributed by atoms with Crippen molar-refractivity contribution in [2.75, 3.05) is 6.61 Å². The fourth-order valence-electron chi connectivity index (χ4n) is 1.89. The fourth-order valence-corrected chi connectivity index (χ4v) is 2.87. The van der Waals surface area contributed by atoms with Crippen LogP contribution < -0.4 is 4.74 Å². The van der Waals surface area contributed by atoms with Crippen molar-refractivity contribution in [3.63, 3.8) is 0 Å². The van der Waals surface area contributed by atoms with Crippen LogP contribution in [0.1, 0.15) is 29.8 Å². The third-order valence-corrected chi connectivity index (χ3v) is 4.29. The summed E-state index contributed by atoms with van der Waals surface area (Å²) in [5, 5.41) is -0.233. The lowest BCUT2D eigenvalue weighted by Gasteiger charge is -2.14.